The molecular formula is C21H20N2O5S. The maximum Gasteiger partial charge on any atom is 0.270 e. The van der Waals surface area contributed by atoms with E-state index in [1.807, 2.05) is 30.3 Å². The molecule has 150 valence electrons. The summed E-state index contributed by atoms with van der Waals surface area (Å²) in [6, 6.07) is 20.4. The zero-order valence-electron chi connectivity index (χ0n) is 15.9. The Labute approximate surface area is 169 Å². The van der Waals surface area contributed by atoms with Gasteiger partial charge in [-0.2, -0.15) is 0 Å². The van der Waals surface area contributed by atoms with Gasteiger partial charge in [-0.15, -0.1) is 0 Å². The predicted octanol–water partition coefficient (Wildman–Crippen LogP) is 4.56. The quantitative estimate of drug-likeness (QED) is 0.419. The van der Waals surface area contributed by atoms with Gasteiger partial charge in [0.05, 0.1) is 28.7 Å². The molecule has 0 aromatic heterocycles. The van der Waals surface area contributed by atoms with E-state index in [9.17, 15) is 18.5 Å². The fraction of sp³-hybridized carbons (Fsp3) is 0.143. The van der Waals surface area contributed by atoms with Gasteiger partial charge in [0.1, 0.15) is 5.75 Å². The minimum absolute atomic E-state index is 0.155. The fourth-order valence-electron chi connectivity index (χ4n) is 3.06. The maximum absolute atomic E-state index is 13.6. The van der Waals surface area contributed by atoms with Crippen LogP contribution in [0.1, 0.15) is 18.5 Å². The monoisotopic (exact) mass is 412 g/mol. The summed E-state index contributed by atoms with van der Waals surface area (Å²) in [7, 11) is -2.61. The number of methoxy groups -OCH3 is 1. The average molecular weight is 412 g/mol. The lowest BCUT2D eigenvalue weighted by Crippen LogP contribution is -2.33. The van der Waals surface area contributed by atoms with Crippen LogP contribution in [0.3, 0.4) is 0 Å². The van der Waals surface area contributed by atoms with Gasteiger partial charge in [0.2, 0.25) is 0 Å². The molecular weight excluding hydrogens is 392 g/mol. The zero-order chi connectivity index (χ0) is 21.0. The third kappa shape index (κ3) is 4.22. The van der Waals surface area contributed by atoms with Gasteiger partial charge in [-0.05, 0) is 30.7 Å². The van der Waals surface area contributed by atoms with E-state index in [4.69, 9.17) is 4.74 Å². The molecule has 1 atom stereocenters. The number of hydrogen-bond donors (Lipinski definition) is 0. The second kappa shape index (κ2) is 8.32. The Morgan fingerprint density at radius 1 is 0.966 bits per heavy atom. The standard InChI is InChI=1S/C21H20N2O5S/c1-16(17-8-4-3-5-9-17)22(18-10-6-12-20(14-18)28-2)29(26,27)21-13-7-11-19(15-21)23(24)25/h3-16H,1-2H3. The van der Waals surface area contributed by atoms with Crippen LogP contribution in [0.5, 0.6) is 5.75 Å². The Morgan fingerprint density at radius 2 is 1.66 bits per heavy atom. The molecule has 1 unspecified atom stereocenters. The first kappa shape index (κ1) is 20.3. The van der Waals surface area contributed by atoms with Crippen LogP contribution >= 0.6 is 0 Å². The number of nitrogens with zero attached hydrogens (tertiary/aromatic N) is 2. The summed E-state index contributed by atoms with van der Waals surface area (Å²) >= 11 is 0. The lowest BCUT2D eigenvalue weighted by atomic mass is 10.1. The van der Waals surface area contributed by atoms with Crippen molar-refractivity contribution < 1.29 is 18.1 Å². The summed E-state index contributed by atoms with van der Waals surface area (Å²) in [5, 5.41) is 11.1. The topological polar surface area (TPSA) is 89.8 Å². The molecule has 0 N–H and O–H groups in total. The number of benzene rings is 3. The highest BCUT2D eigenvalue weighted by Gasteiger charge is 2.31. The molecule has 0 aliphatic heterocycles. The van der Waals surface area contributed by atoms with Crippen molar-refractivity contribution in [3.8, 4) is 5.75 Å². The van der Waals surface area contributed by atoms with Crippen molar-refractivity contribution in [3.05, 3.63) is 94.5 Å². The first-order valence-corrected chi connectivity index (χ1v) is 10.3. The Kier molecular flexibility index (Phi) is 5.84. The van der Waals surface area contributed by atoms with Crippen LogP contribution in [0.25, 0.3) is 0 Å². The number of ether oxygens (including phenoxy) is 1. The summed E-state index contributed by atoms with van der Waals surface area (Å²) in [6.45, 7) is 1.77. The first-order valence-electron chi connectivity index (χ1n) is 8.82. The van der Waals surface area contributed by atoms with Gasteiger partial charge in [0.15, 0.2) is 0 Å². The molecule has 3 aromatic rings. The third-order valence-electron chi connectivity index (χ3n) is 4.53. The summed E-state index contributed by atoms with van der Waals surface area (Å²) in [6.07, 6.45) is 0. The van der Waals surface area contributed by atoms with Crippen molar-refractivity contribution in [2.24, 2.45) is 0 Å². The zero-order valence-corrected chi connectivity index (χ0v) is 16.7. The number of nitro groups is 1. The highest BCUT2D eigenvalue weighted by Crippen LogP contribution is 2.35. The molecule has 0 aliphatic carbocycles. The molecule has 0 bridgehead atoms. The van der Waals surface area contributed by atoms with E-state index < -0.39 is 21.0 Å². The van der Waals surface area contributed by atoms with Crippen molar-refractivity contribution in [2.45, 2.75) is 17.9 Å². The Balaban J connectivity index is 2.18. The number of anilines is 1. The number of rotatable bonds is 7. The van der Waals surface area contributed by atoms with Crippen LogP contribution in [0.4, 0.5) is 11.4 Å². The molecule has 3 rings (SSSR count). The van der Waals surface area contributed by atoms with Crippen molar-refractivity contribution in [2.75, 3.05) is 11.4 Å². The van der Waals surface area contributed by atoms with Crippen LogP contribution in [-0.2, 0) is 10.0 Å². The Bertz CT molecular complexity index is 1120. The normalized spacial score (nSPS) is 12.2. The highest BCUT2D eigenvalue weighted by molar-refractivity contribution is 7.92. The molecule has 0 spiro atoms. The second-order valence-corrected chi connectivity index (χ2v) is 8.16. The molecule has 0 radical (unpaired) electrons. The lowest BCUT2D eigenvalue weighted by Gasteiger charge is -2.31. The third-order valence-corrected chi connectivity index (χ3v) is 6.42. The van der Waals surface area contributed by atoms with E-state index in [1.54, 1.807) is 31.2 Å². The number of nitro benzene ring substituents is 1. The van der Waals surface area contributed by atoms with Crippen molar-refractivity contribution in [3.63, 3.8) is 0 Å². The van der Waals surface area contributed by atoms with Crippen molar-refractivity contribution in [1.29, 1.82) is 0 Å². The minimum atomic E-state index is -4.11. The van der Waals surface area contributed by atoms with Crippen molar-refractivity contribution >= 4 is 21.4 Å². The summed E-state index contributed by atoms with van der Waals surface area (Å²) in [4.78, 5) is 10.4. The van der Waals surface area contributed by atoms with Gasteiger partial charge in [-0.3, -0.25) is 14.4 Å². The van der Waals surface area contributed by atoms with Gasteiger partial charge in [-0.1, -0.05) is 42.5 Å². The molecule has 7 nitrogen and oxygen atoms in total. The summed E-state index contributed by atoms with van der Waals surface area (Å²) in [5.41, 5.74) is 0.889. The van der Waals surface area contributed by atoms with E-state index in [0.717, 1.165) is 11.6 Å². The lowest BCUT2D eigenvalue weighted by molar-refractivity contribution is -0.385. The largest absolute Gasteiger partial charge is 0.497 e. The van der Waals surface area contributed by atoms with Crippen LogP contribution in [0.15, 0.2) is 83.8 Å². The predicted molar refractivity (Wildman–Crippen MR) is 111 cm³/mol. The smallest absolute Gasteiger partial charge is 0.270 e. The van der Waals surface area contributed by atoms with E-state index in [1.165, 1.54) is 29.6 Å². The number of non-ortho nitro benzene ring substituents is 1. The molecule has 0 heterocycles. The van der Waals surface area contributed by atoms with Gasteiger partial charge in [-0.25, -0.2) is 8.42 Å². The SMILES string of the molecule is COc1cccc(N(C(C)c2ccccc2)S(=O)(=O)c2cccc([N+](=O)[O-])c2)c1. The maximum atomic E-state index is 13.6. The van der Waals surface area contributed by atoms with Gasteiger partial charge in [0, 0.05) is 18.2 Å². The number of sulfonamides is 1. The molecule has 3 aromatic carbocycles. The Morgan fingerprint density at radius 3 is 2.31 bits per heavy atom. The van der Waals surface area contributed by atoms with Crippen molar-refractivity contribution in [1.82, 2.24) is 0 Å². The van der Waals surface area contributed by atoms with Gasteiger partial charge in [0.25, 0.3) is 15.7 Å². The average Bonchev–Trinajstić information content (AvgIpc) is 2.74. The van der Waals surface area contributed by atoms with Gasteiger partial charge >= 0.3 is 0 Å². The second-order valence-electron chi connectivity index (χ2n) is 6.34. The van der Waals surface area contributed by atoms with E-state index in [0.29, 0.717) is 11.4 Å². The molecule has 0 aliphatic rings. The number of hydrogen-bond acceptors (Lipinski definition) is 5. The van der Waals surface area contributed by atoms with Crippen LogP contribution in [0, 0.1) is 10.1 Å². The summed E-state index contributed by atoms with van der Waals surface area (Å²) < 4.78 is 33.7. The molecule has 8 heteroatoms. The van der Waals surface area contributed by atoms with E-state index >= 15 is 0 Å². The first-order chi connectivity index (χ1) is 13.8. The van der Waals surface area contributed by atoms with Gasteiger partial charge < -0.3 is 4.74 Å². The summed E-state index contributed by atoms with van der Waals surface area (Å²) in [5.74, 6) is 0.502. The van der Waals surface area contributed by atoms with Crippen LogP contribution < -0.4 is 9.04 Å². The van der Waals surface area contributed by atoms with Crippen LogP contribution in [0.2, 0.25) is 0 Å². The Hall–Kier alpha value is -3.39. The molecule has 0 fully saturated rings. The molecule has 29 heavy (non-hydrogen) atoms. The fourth-order valence-corrected chi connectivity index (χ4v) is 4.73. The van der Waals surface area contributed by atoms with E-state index in [-0.39, 0.29) is 10.6 Å². The van der Waals surface area contributed by atoms with Crippen LogP contribution in [-0.4, -0.2) is 20.5 Å². The van der Waals surface area contributed by atoms with E-state index in [2.05, 4.69) is 0 Å². The molecule has 0 saturated carbocycles. The minimum Gasteiger partial charge on any atom is -0.497 e. The molecule has 0 amide bonds. The highest BCUT2D eigenvalue weighted by atomic mass is 32.2. The molecule has 0 saturated heterocycles.